The Morgan fingerprint density at radius 2 is 2.24 bits per heavy atom. The van der Waals surface area contributed by atoms with Gasteiger partial charge in [0, 0.05) is 6.04 Å². The molecule has 1 aromatic rings. The number of sulfone groups is 1. The second-order valence-corrected chi connectivity index (χ2v) is 6.56. The first-order valence-corrected chi connectivity index (χ1v) is 7.28. The average Bonchev–Trinajstić information content (AvgIpc) is 2.59. The minimum absolute atomic E-state index is 0.0926. The number of nitrogens with one attached hydrogen (secondary N) is 1. The predicted molar refractivity (Wildman–Crippen MR) is 68.6 cm³/mol. The number of aromatic nitrogens is 2. The van der Waals surface area contributed by atoms with Gasteiger partial charge in [0.15, 0.2) is 9.84 Å². The van der Waals surface area contributed by atoms with Crippen LogP contribution in [0.4, 0.5) is 5.82 Å². The summed E-state index contributed by atoms with van der Waals surface area (Å²) in [6.07, 6.45) is 3.56. The minimum Gasteiger partial charge on any atom is -0.388 e. The van der Waals surface area contributed by atoms with Crippen molar-refractivity contribution in [2.45, 2.75) is 12.5 Å². The van der Waals surface area contributed by atoms with E-state index in [1.165, 1.54) is 12.4 Å². The van der Waals surface area contributed by atoms with Gasteiger partial charge in [-0.2, -0.15) is 0 Å². The van der Waals surface area contributed by atoms with Crippen molar-refractivity contribution in [3.8, 4) is 0 Å². The smallest absolute Gasteiger partial charge is 0.152 e. The molecular weight excluding hydrogens is 260 g/mol. The third-order valence-corrected chi connectivity index (χ3v) is 4.47. The molecule has 3 N–H and O–H groups in total. The van der Waals surface area contributed by atoms with E-state index < -0.39 is 9.84 Å². The van der Waals surface area contributed by atoms with Crippen LogP contribution in [0.2, 0.25) is 0 Å². The zero-order chi connectivity index (χ0) is 12.5. The molecule has 92 valence electrons. The second kappa shape index (κ2) is 4.53. The molecule has 0 saturated carbocycles. The fourth-order valence-electron chi connectivity index (χ4n) is 1.65. The third kappa shape index (κ3) is 3.10. The van der Waals surface area contributed by atoms with Crippen molar-refractivity contribution in [3.63, 3.8) is 0 Å². The van der Waals surface area contributed by atoms with Gasteiger partial charge in [0.05, 0.1) is 23.9 Å². The number of nitrogens with two attached hydrogens (primary N) is 1. The van der Waals surface area contributed by atoms with E-state index in [2.05, 4.69) is 15.3 Å². The van der Waals surface area contributed by atoms with Crippen LogP contribution in [0.15, 0.2) is 12.4 Å². The van der Waals surface area contributed by atoms with Gasteiger partial charge in [0.25, 0.3) is 0 Å². The molecule has 2 heterocycles. The highest BCUT2D eigenvalue weighted by Gasteiger charge is 2.27. The molecule has 17 heavy (non-hydrogen) atoms. The molecule has 2 rings (SSSR count). The van der Waals surface area contributed by atoms with Crippen molar-refractivity contribution >= 4 is 32.9 Å². The van der Waals surface area contributed by atoms with Crippen molar-refractivity contribution < 1.29 is 8.42 Å². The number of anilines is 1. The lowest BCUT2D eigenvalue weighted by Gasteiger charge is -2.10. The molecule has 0 aromatic carbocycles. The van der Waals surface area contributed by atoms with E-state index in [-0.39, 0.29) is 22.5 Å². The summed E-state index contributed by atoms with van der Waals surface area (Å²) in [5, 5.41) is 3.03. The first-order chi connectivity index (χ1) is 7.96. The Kier molecular flexibility index (Phi) is 3.25. The Balaban J connectivity index is 2.03. The zero-order valence-electron chi connectivity index (χ0n) is 8.96. The van der Waals surface area contributed by atoms with Gasteiger partial charge in [-0.1, -0.05) is 12.2 Å². The Morgan fingerprint density at radius 3 is 2.71 bits per heavy atom. The molecule has 1 aliphatic rings. The number of hydrogen-bond donors (Lipinski definition) is 2. The Hall–Kier alpha value is -1.28. The molecule has 1 fully saturated rings. The van der Waals surface area contributed by atoms with Crippen molar-refractivity contribution in [1.82, 2.24) is 9.97 Å². The van der Waals surface area contributed by atoms with Gasteiger partial charge in [-0.15, -0.1) is 0 Å². The van der Waals surface area contributed by atoms with Crippen LogP contribution >= 0.6 is 12.2 Å². The van der Waals surface area contributed by atoms with Gasteiger partial charge in [-0.3, -0.25) is 0 Å². The maximum absolute atomic E-state index is 11.3. The SMILES string of the molecule is NC(=S)c1cnc(NC2CCS(=O)(=O)C2)cn1. The van der Waals surface area contributed by atoms with Crippen LogP contribution in [0.3, 0.4) is 0 Å². The van der Waals surface area contributed by atoms with Gasteiger partial charge in [-0.05, 0) is 6.42 Å². The Morgan fingerprint density at radius 1 is 1.47 bits per heavy atom. The molecule has 0 aliphatic carbocycles. The van der Waals surface area contributed by atoms with E-state index in [9.17, 15) is 8.42 Å². The first kappa shape index (κ1) is 12.2. The lowest BCUT2D eigenvalue weighted by atomic mass is 10.3. The topological polar surface area (TPSA) is 98.0 Å². The van der Waals surface area contributed by atoms with Crippen LogP contribution in [-0.2, 0) is 9.84 Å². The van der Waals surface area contributed by atoms with Gasteiger partial charge in [-0.25, -0.2) is 18.4 Å². The molecule has 8 heteroatoms. The van der Waals surface area contributed by atoms with Crippen LogP contribution in [0, 0.1) is 0 Å². The summed E-state index contributed by atoms with van der Waals surface area (Å²) in [6.45, 7) is 0. The average molecular weight is 272 g/mol. The van der Waals surface area contributed by atoms with Crippen LogP contribution in [0.5, 0.6) is 0 Å². The van der Waals surface area contributed by atoms with Crippen LogP contribution in [0.25, 0.3) is 0 Å². The van der Waals surface area contributed by atoms with E-state index in [4.69, 9.17) is 18.0 Å². The van der Waals surface area contributed by atoms with E-state index >= 15 is 0 Å². The molecule has 1 aromatic heterocycles. The fraction of sp³-hybridized carbons (Fsp3) is 0.444. The normalized spacial score (nSPS) is 22.2. The lowest BCUT2D eigenvalue weighted by Crippen LogP contribution is -2.21. The number of thiocarbonyl (C=S) groups is 1. The Bertz CT molecular complexity index is 526. The summed E-state index contributed by atoms with van der Waals surface area (Å²) in [6, 6.07) is -0.0926. The first-order valence-electron chi connectivity index (χ1n) is 5.05. The van der Waals surface area contributed by atoms with Crippen molar-refractivity contribution in [3.05, 3.63) is 18.1 Å². The molecular formula is C9H12N4O2S2. The summed E-state index contributed by atoms with van der Waals surface area (Å²) in [5.41, 5.74) is 5.84. The van der Waals surface area contributed by atoms with Gasteiger partial charge in [0.1, 0.15) is 16.5 Å². The van der Waals surface area contributed by atoms with E-state index in [1.807, 2.05) is 0 Å². The lowest BCUT2D eigenvalue weighted by molar-refractivity contribution is 0.602. The standard InChI is InChI=1S/C9H12N4O2S2/c10-9(16)7-3-12-8(4-11-7)13-6-1-2-17(14,15)5-6/h3-4,6H,1-2,5H2,(H2,10,16)(H,12,13). The van der Waals surface area contributed by atoms with Gasteiger partial charge >= 0.3 is 0 Å². The van der Waals surface area contributed by atoms with Crippen LogP contribution in [0.1, 0.15) is 12.1 Å². The highest BCUT2D eigenvalue weighted by molar-refractivity contribution is 7.91. The molecule has 6 nitrogen and oxygen atoms in total. The largest absolute Gasteiger partial charge is 0.388 e. The quantitative estimate of drug-likeness (QED) is 0.729. The van der Waals surface area contributed by atoms with E-state index in [1.54, 1.807) is 0 Å². The number of hydrogen-bond acceptors (Lipinski definition) is 6. The third-order valence-electron chi connectivity index (χ3n) is 2.49. The maximum Gasteiger partial charge on any atom is 0.152 e. The minimum atomic E-state index is -2.89. The van der Waals surface area contributed by atoms with Crippen molar-refractivity contribution in [2.24, 2.45) is 5.73 Å². The van der Waals surface area contributed by atoms with E-state index in [0.717, 1.165) is 0 Å². The molecule has 0 spiro atoms. The second-order valence-electron chi connectivity index (χ2n) is 3.90. The molecule has 0 amide bonds. The van der Waals surface area contributed by atoms with Crippen LogP contribution in [-0.4, -0.2) is 40.9 Å². The summed E-state index contributed by atoms with van der Waals surface area (Å²) in [5.74, 6) is 0.904. The summed E-state index contributed by atoms with van der Waals surface area (Å²) < 4.78 is 22.5. The molecule has 0 radical (unpaired) electrons. The maximum atomic E-state index is 11.3. The number of nitrogens with zero attached hydrogens (tertiary/aromatic N) is 2. The predicted octanol–water partition coefficient (Wildman–Crippen LogP) is -0.290. The molecule has 1 atom stereocenters. The molecule has 1 unspecified atom stereocenters. The summed E-state index contributed by atoms with van der Waals surface area (Å²) >= 11 is 4.75. The molecule has 0 bridgehead atoms. The highest BCUT2D eigenvalue weighted by Crippen LogP contribution is 2.15. The molecule has 1 aliphatic heterocycles. The van der Waals surface area contributed by atoms with Crippen molar-refractivity contribution in [2.75, 3.05) is 16.8 Å². The van der Waals surface area contributed by atoms with Gasteiger partial charge < -0.3 is 11.1 Å². The van der Waals surface area contributed by atoms with E-state index in [0.29, 0.717) is 17.9 Å². The van der Waals surface area contributed by atoms with Gasteiger partial charge in [0.2, 0.25) is 0 Å². The van der Waals surface area contributed by atoms with Crippen molar-refractivity contribution in [1.29, 1.82) is 0 Å². The Labute approximate surface area is 105 Å². The summed E-state index contributed by atoms with van der Waals surface area (Å²) in [4.78, 5) is 8.28. The molecule has 1 saturated heterocycles. The summed E-state index contributed by atoms with van der Waals surface area (Å²) in [7, 11) is -2.89. The van der Waals surface area contributed by atoms with Crippen LogP contribution < -0.4 is 11.1 Å². The fourth-order valence-corrected chi connectivity index (χ4v) is 3.43. The highest BCUT2D eigenvalue weighted by atomic mass is 32.2. The number of rotatable bonds is 3. The zero-order valence-corrected chi connectivity index (χ0v) is 10.6. The monoisotopic (exact) mass is 272 g/mol.